The van der Waals surface area contributed by atoms with E-state index < -0.39 is 0 Å². The predicted molar refractivity (Wildman–Crippen MR) is 97.2 cm³/mol. The van der Waals surface area contributed by atoms with Crippen LogP contribution in [0.25, 0.3) is 0 Å². The number of imidazole rings is 1. The lowest BCUT2D eigenvalue weighted by Gasteiger charge is -2.36. The Morgan fingerprint density at radius 2 is 2.17 bits per heavy atom. The number of piperidine rings is 1. The van der Waals surface area contributed by atoms with Crippen LogP contribution in [0.2, 0.25) is 5.15 Å². The summed E-state index contributed by atoms with van der Waals surface area (Å²) >= 11 is 6.50. The van der Waals surface area contributed by atoms with Crippen LogP contribution in [-0.2, 0) is 26.6 Å². The van der Waals surface area contributed by atoms with Gasteiger partial charge in [-0.15, -0.1) is 0 Å². The minimum Gasteiger partial charge on any atom is -0.335 e. The number of likely N-dealkylation sites (tertiary alicyclic amines) is 1. The summed E-state index contributed by atoms with van der Waals surface area (Å²) in [6.07, 6.45) is 9.93. The van der Waals surface area contributed by atoms with Crippen molar-refractivity contribution in [2.75, 3.05) is 6.54 Å². The maximum Gasteiger partial charge on any atom is 0.131 e. The van der Waals surface area contributed by atoms with E-state index >= 15 is 0 Å². The summed E-state index contributed by atoms with van der Waals surface area (Å²) in [5.41, 5.74) is 2.35. The molecule has 1 aliphatic heterocycles. The monoisotopic (exact) mass is 349 g/mol. The zero-order chi connectivity index (χ0) is 17.1. The van der Waals surface area contributed by atoms with Crippen molar-refractivity contribution in [2.24, 2.45) is 7.05 Å². The summed E-state index contributed by atoms with van der Waals surface area (Å²) < 4.78 is 4.06. The summed E-state index contributed by atoms with van der Waals surface area (Å²) in [4.78, 5) is 6.93. The molecule has 3 rings (SSSR count). The van der Waals surface area contributed by atoms with Crippen molar-refractivity contribution in [1.29, 1.82) is 0 Å². The number of aromatic nitrogens is 4. The van der Waals surface area contributed by atoms with Gasteiger partial charge in [0.25, 0.3) is 0 Å². The molecular weight excluding hydrogens is 322 g/mol. The third-order valence-corrected chi connectivity index (χ3v) is 5.70. The summed E-state index contributed by atoms with van der Waals surface area (Å²) in [5, 5.41) is 5.36. The molecule has 0 N–H and O–H groups in total. The van der Waals surface area contributed by atoms with Crippen molar-refractivity contribution < 1.29 is 0 Å². The topological polar surface area (TPSA) is 38.9 Å². The van der Waals surface area contributed by atoms with E-state index in [0.717, 1.165) is 49.1 Å². The first kappa shape index (κ1) is 17.5. The van der Waals surface area contributed by atoms with Crippen LogP contribution in [0.1, 0.15) is 49.7 Å². The van der Waals surface area contributed by atoms with Gasteiger partial charge in [0.05, 0.1) is 5.69 Å². The zero-order valence-corrected chi connectivity index (χ0v) is 15.8. The smallest absolute Gasteiger partial charge is 0.131 e. The second-order valence-corrected chi connectivity index (χ2v) is 7.13. The summed E-state index contributed by atoms with van der Waals surface area (Å²) in [7, 11) is 1.93. The molecule has 1 saturated heterocycles. The first-order valence-corrected chi connectivity index (χ1v) is 9.40. The SMILES string of the molecule is CCc1nn(C)c(Cl)c1CN1CCCC[C@H]1CCn1ccnc1C. The summed E-state index contributed by atoms with van der Waals surface area (Å²) in [6.45, 7) is 7.33. The van der Waals surface area contributed by atoms with Gasteiger partial charge in [-0.05, 0) is 39.2 Å². The third-order valence-electron chi connectivity index (χ3n) is 5.22. The van der Waals surface area contributed by atoms with Crippen LogP contribution < -0.4 is 0 Å². The van der Waals surface area contributed by atoms with E-state index in [2.05, 4.69) is 39.6 Å². The molecule has 2 aromatic rings. The first-order valence-electron chi connectivity index (χ1n) is 9.02. The van der Waals surface area contributed by atoms with E-state index in [1.165, 1.54) is 24.8 Å². The van der Waals surface area contributed by atoms with Gasteiger partial charge < -0.3 is 4.57 Å². The Hall–Kier alpha value is -1.33. The second kappa shape index (κ2) is 7.70. The molecule has 132 valence electrons. The molecule has 6 heteroatoms. The van der Waals surface area contributed by atoms with Crippen LogP contribution in [0.5, 0.6) is 0 Å². The number of halogens is 1. The fourth-order valence-corrected chi connectivity index (χ4v) is 3.97. The van der Waals surface area contributed by atoms with Gasteiger partial charge in [0.2, 0.25) is 0 Å². The Kier molecular flexibility index (Phi) is 5.61. The van der Waals surface area contributed by atoms with Crippen LogP contribution in [-0.4, -0.2) is 36.8 Å². The lowest BCUT2D eigenvalue weighted by molar-refractivity contribution is 0.128. The highest BCUT2D eigenvalue weighted by Gasteiger charge is 2.25. The number of aryl methyl sites for hydroxylation is 4. The van der Waals surface area contributed by atoms with Gasteiger partial charge in [-0.25, -0.2) is 4.98 Å². The Balaban J connectivity index is 1.69. The number of hydrogen-bond acceptors (Lipinski definition) is 3. The maximum absolute atomic E-state index is 6.50. The van der Waals surface area contributed by atoms with Crippen LogP contribution in [0, 0.1) is 6.92 Å². The molecule has 2 aromatic heterocycles. The van der Waals surface area contributed by atoms with E-state index in [0.29, 0.717) is 6.04 Å². The lowest BCUT2D eigenvalue weighted by atomic mass is 9.98. The Morgan fingerprint density at radius 3 is 2.88 bits per heavy atom. The standard InChI is InChI=1S/C18H28ClN5/c1-4-17-16(18(19)22(3)21-17)13-24-10-6-5-7-15(24)8-11-23-12-9-20-14(23)2/h9,12,15H,4-8,10-11,13H2,1-3H3/t15-/m0/s1. The number of nitrogens with zero attached hydrogens (tertiary/aromatic N) is 5. The van der Waals surface area contributed by atoms with Crippen molar-refractivity contribution in [2.45, 2.75) is 65.1 Å². The highest BCUT2D eigenvalue weighted by Crippen LogP contribution is 2.27. The molecule has 0 unspecified atom stereocenters. The van der Waals surface area contributed by atoms with Crippen molar-refractivity contribution in [3.8, 4) is 0 Å². The van der Waals surface area contributed by atoms with E-state index in [9.17, 15) is 0 Å². The van der Waals surface area contributed by atoms with Gasteiger partial charge in [0.1, 0.15) is 11.0 Å². The molecular formula is C18H28ClN5. The summed E-state index contributed by atoms with van der Waals surface area (Å²) in [5.74, 6) is 1.10. The van der Waals surface area contributed by atoms with Gasteiger partial charge in [0.15, 0.2) is 0 Å². The Bertz CT molecular complexity index is 675. The highest BCUT2D eigenvalue weighted by molar-refractivity contribution is 6.30. The van der Waals surface area contributed by atoms with E-state index in [1.807, 2.05) is 17.9 Å². The lowest BCUT2D eigenvalue weighted by Crippen LogP contribution is -2.39. The predicted octanol–water partition coefficient (Wildman–Crippen LogP) is 3.59. The zero-order valence-electron chi connectivity index (χ0n) is 15.0. The molecule has 1 aliphatic rings. The molecule has 0 amide bonds. The molecule has 24 heavy (non-hydrogen) atoms. The maximum atomic E-state index is 6.50. The molecule has 0 radical (unpaired) electrons. The van der Waals surface area contributed by atoms with Crippen LogP contribution in [0.3, 0.4) is 0 Å². The molecule has 3 heterocycles. The van der Waals surface area contributed by atoms with Gasteiger partial charge in [-0.1, -0.05) is 24.9 Å². The molecule has 5 nitrogen and oxygen atoms in total. The quantitative estimate of drug-likeness (QED) is 0.800. The molecule has 0 spiro atoms. The largest absolute Gasteiger partial charge is 0.335 e. The molecule has 0 aromatic carbocycles. The Labute approximate surface area is 149 Å². The fourth-order valence-electron chi connectivity index (χ4n) is 3.77. The number of rotatable bonds is 6. The van der Waals surface area contributed by atoms with E-state index in [1.54, 1.807) is 0 Å². The number of hydrogen-bond donors (Lipinski definition) is 0. The normalized spacial score (nSPS) is 19.1. The van der Waals surface area contributed by atoms with Crippen LogP contribution in [0.4, 0.5) is 0 Å². The molecule has 0 aliphatic carbocycles. The van der Waals surface area contributed by atoms with Crippen LogP contribution >= 0.6 is 11.6 Å². The Morgan fingerprint density at radius 1 is 1.33 bits per heavy atom. The molecule has 0 saturated carbocycles. The first-order chi connectivity index (χ1) is 11.6. The van der Waals surface area contributed by atoms with Gasteiger partial charge >= 0.3 is 0 Å². The average molecular weight is 350 g/mol. The van der Waals surface area contributed by atoms with Crippen molar-refractivity contribution >= 4 is 11.6 Å². The van der Waals surface area contributed by atoms with Crippen LogP contribution in [0.15, 0.2) is 12.4 Å². The third kappa shape index (κ3) is 3.67. The molecule has 0 bridgehead atoms. The van der Waals surface area contributed by atoms with Gasteiger partial charge in [-0.2, -0.15) is 5.10 Å². The van der Waals surface area contributed by atoms with Crippen molar-refractivity contribution in [3.05, 3.63) is 34.6 Å². The van der Waals surface area contributed by atoms with E-state index in [-0.39, 0.29) is 0 Å². The van der Waals surface area contributed by atoms with Gasteiger partial charge in [-0.3, -0.25) is 9.58 Å². The van der Waals surface area contributed by atoms with Gasteiger partial charge in [0, 0.05) is 44.1 Å². The van der Waals surface area contributed by atoms with Crippen molar-refractivity contribution in [3.63, 3.8) is 0 Å². The highest BCUT2D eigenvalue weighted by atomic mass is 35.5. The fraction of sp³-hybridized carbons (Fsp3) is 0.667. The van der Waals surface area contributed by atoms with Crippen molar-refractivity contribution in [1.82, 2.24) is 24.2 Å². The molecule has 1 fully saturated rings. The summed E-state index contributed by atoms with van der Waals surface area (Å²) in [6, 6.07) is 0.613. The average Bonchev–Trinajstić information content (AvgIpc) is 3.11. The molecule has 1 atom stereocenters. The minimum absolute atomic E-state index is 0.613. The van der Waals surface area contributed by atoms with E-state index in [4.69, 9.17) is 11.6 Å². The minimum atomic E-state index is 0.613. The second-order valence-electron chi connectivity index (χ2n) is 6.77.